The fourth-order valence-electron chi connectivity index (χ4n) is 4.41. The summed E-state index contributed by atoms with van der Waals surface area (Å²) in [6, 6.07) is 11.1. The zero-order chi connectivity index (χ0) is 18.1. The molecule has 3 heterocycles. The number of benzene rings is 1. The minimum Gasteiger partial charge on any atom is -0.358 e. The maximum absolute atomic E-state index is 5.85. The lowest BCUT2D eigenvalue weighted by atomic mass is 10.1. The van der Waals surface area contributed by atoms with Gasteiger partial charge in [0.2, 0.25) is 0 Å². The van der Waals surface area contributed by atoms with E-state index >= 15 is 0 Å². The number of nitrogens with zero attached hydrogens (tertiary/aromatic N) is 5. The number of imidazole rings is 1. The Morgan fingerprint density at radius 1 is 1.00 bits per heavy atom. The predicted molar refractivity (Wildman–Crippen MR) is 104 cm³/mol. The van der Waals surface area contributed by atoms with Gasteiger partial charge >= 0.3 is 0 Å². The van der Waals surface area contributed by atoms with Gasteiger partial charge in [-0.05, 0) is 31.2 Å². The Hall–Kier alpha value is -2.47. The van der Waals surface area contributed by atoms with E-state index in [4.69, 9.17) is 9.72 Å². The number of ether oxygens (including phenoxy) is 1. The monoisotopic (exact) mass is 363 g/mol. The maximum Gasteiger partial charge on any atom is 0.167 e. The summed E-state index contributed by atoms with van der Waals surface area (Å²) in [6.07, 6.45) is 10.7. The average molecular weight is 363 g/mol. The fourth-order valence-corrected chi connectivity index (χ4v) is 4.41. The van der Waals surface area contributed by atoms with Crippen LogP contribution in [0.5, 0.6) is 0 Å². The van der Waals surface area contributed by atoms with Gasteiger partial charge in [0.1, 0.15) is 12.6 Å². The van der Waals surface area contributed by atoms with Crippen LogP contribution in [0.15, 0.2) is 43.0 Å². The normalized spacial score (nSPS) is 20.5. The second-order valence-corrected chi connectivity index (χ2v) is 7.54. The Morgan fingerprint density at radius 3 is 2.63 bits per heavy atom. The molecule has 140 valence electrons. The number of fused-ring (bicyclic) bond motifs is 1. The van der Waals surface area contributed by atoms with Crippen LogP contribution < -0.4 is 4.90 Å². The molecule has 1 aliphatic heterocycles. The highest BCUT2D eigenvalue weighted by Crippen LogP contribution is 2.33. The average Bonchev–Trinajstić information content (AvgIpc) is 3.47. The highest BCUT2D eigenvalue weighted by Gasteiger charge is 2.28. The Labute approximate surface area is 159 Å². The first kappa shape index (κ1) is 16.7. The van der Waals surface area contributed by atoms with Crippen LogP contribution in [0.1, 0.15) is 50.3 Å². The van der Waals surface area contributed by atoms with Crippen molar-refractivity contribution >= 4 is 17.0 Å². The Kier molecular flexibility index (Phi) is 4.49. The molecule has 6 heteroatoms. The third-order valence-corrected chi connectivity index (χ3v) is 5.79. The lowest BCUT2D eigenvalue weighted by molar-refractivity contribution is 0.0593. The number of rotatable bonds is 5. The molecule has 6 nitrogen and oxygen atoms in total. The molecule has 2 aliphatic rings. The van der Waals surface area contributed by atoms with E-state index in [2.05, 4.69) is 49.8 Å². The molecule has 2 aromatic heterocycles. The van der Waals surface area contributed by atoms with Gasteiger partial charge in [-0.3, -0.25) is 4.57 Å². The van der Waals surface area contributed by atoms with E-state index in [0.29, 0.717) is 6.04 Å². The summed E-state index contributed by atoms with van der Waals surface area (Å²) in [7, 11) is 0. The van der Waals surface area contributed by atoms with Crippen LogP contribution in [0.3, 0.4) is 0 Å². The van der Waals surface area contributed by atoms with E-state index in [0.717, 1.165) is 43.0 Å². The smallest absolute Gasteiger partial charge is 0.167 e. The van der Waals surface area contributed by atoms with Crippen LogP contribution in [0.4, 0.5) is 5.82 Å². The maximum atomic E-state index is 5.85. The van der Waals surface area contributed by atoms with E-state index < -0.39 is 0 Å². The summed E-state index contributed by atoms with van der Waals surface area (Å²) < 4.78 is 7.92. The minimum absolute atomic E-state index is 0.0480. The van der Waals surface area contributed by atoms with Crippen molar-refractivity contribution in [3.63, 3.8) is 0 Å². The first-order chi connectivity index (χ1) is 13.4. The lowest BCUT2D eigenvalue weighted by Gasteiger charge is -2.30. The molecular weight excluding hydrogens is 338 g/mol. The molecule has 0 amide bonds. The van der Waals surface area contributed by atoms with Gasteiger partial charge in [0.15, 0.2) is 17.0 Å². The lowest BCUT2D eigenvalue weighted by Crippen LogP contribution is -2.33. The molecule has 27 heavy (non-hydrogen) atoms. The molecule has 0 bridgehead atoms. The molecule has 5 rings (SSSR count). The summed E-state index contributed by atoms with van der Waals surface area (Å²) in [6.45, 7) is 1.66. The van der Waals surface area contributed by atoms with Gasteiger partial charge < -0.3 is 9.64 Å². The number of aromatic nitrogens is 4. The Balaban J connectivity index is 1.55. The predicted octanol–water partition coefficient (Wildman–Crippen LogP) is 4.08. The van der Waals surface area contributed by atoms with Crippen molar-refractivity contribution in [2.24, 2.45) is 0 Å². The molecule has 1 unspecified atom stereocenters. The van der Waals surface area contributed by atoms with E-state index in [1.54, 1.807) is 6.33 Å². The van der Waals surface area contributed by atoms with Crippen LogP contribution in [0.25, 0.3) is 11.2 Å². The molecule has 1 aliphatic carbocycles. The van der Waals surface area contributed by atoms with Gasteiger partial charge in [0.05, 0.1) is 6.33 Å². The van der Waals surface area contributed by atoms with Crippen molar-refractivity contribution in [3.8, 4) is 0 Å². The third-order valence-electron chi connectivity index (χ3n) is 5.79. The van der Waals surface area contributed by atoms with Crippen LogP contribution in [-0.2, 0) is 11.3 Å². The summed E-state index contributed by atoms with van der Waals surface area (Å²) in [5.41, 5.74) is 3.06. The van der Waals surface area contributed by atoms with E-state index in [-0.39, 0.29) is 6.23 Å². The topological polar surface area (TPSA) is 56.1 Å². The van der Waals surface area contributed by atoms with Crippen LogP contribution >= 0.6 is 0 Å². The number of hydrogen-bond acceptors (Lipinski definition) is 5. The van der Waals surface area contributed by atoms with Crippen molar-refractivity contribution in [1.82, 2.24) is 19.5 Å². The van der Waals surface area contributed by atoms with Crippen molar-refractivity contribution in [2.75, 3.05) is 11.5 Å². The molecule has 0 N–H and O–H groups in total. The molecular formula is C21H25N5O. The summed E-state index contributed by atoms with van der Waals surface area (Å²) in [4.78, 5) is 16.4. The second-order valence-electron chi connectivity index (χ2n) is 7.54. The summed E-state index contributed by atoms with van der Waals surface area (Å²) in [5, 5.41) is 0. The van der Waals surface area contributed by atoms with Gasteiger partial charge in [-0.1, -0.05) is 43.2 Å². The summed E-state index contributed by atoms with van der Waals surface area (Å²) >= 11 is 0. The highest BCUT2D eigenvalue weighted by molar-refractivity contribution is 5.83. The Bertz CT molecular complexity index is 897. The molecule has 1 aromatic carbocycles. The molecule has 1 saturated heterocycles. The zero-order valence-corrected chi connectivity index (χ0v) is 15.5. The van der Waals surface area contributed by atoms with Crippen molar-refractivity contribution in [3.05, 3.63) is 48.5 Å². The molecule has 0 spiro atoms. The van der Waals surface area contributed by atoms with Gasteiger partial charge in [-0.2, -0.15) is 0 Å². The minimum atomic E-state index is 0.0480. The molecule has 1 saturated carbocycles. The fraction of sp³-hybridized carbons (Fsp3) is 0.476. The number of hydrogen-bond donors (Lipinski definition) is 0. The first-order valence-corrected chi connectivity index (χ1v) is 10.00. The summed E-state index contributed by atoms with van der Waals surface area (Å²) in [5.74, 6) is 0.951. The SMILES string of the molecule is c1ccc(CN(c2ncnc3c2ncn3C2CCCO2)C2CCCC2)cc1. The molecule has 2 fully saturated rings. The quantitative estimate of drug-likeness (QED) is 0.683. The van der Waals surface area contributed by atoms with Gasteiger partial charge in [-0.25, -0.2) is 15.0 Å². The van der Waals surface area contributed by atoms with E-state index in [9.17, 15) is 0 Å². The largest absolute Gasteiger partial charge is 0.358 e. The zero-order valence-electron chi connectivity index (χ0n) is 15.5. The van der Waals surface area contributed by atoms with Crippen LogP contribution in [0.2, 0.25) is 0 Å². The van der Waals surface area contributed by atoms with Crippen LogP contribution in [0, 0.1) is 0 Å². The van der Waals surface area contributed by atoms with Gasteiger partial charge in [0.25, 0.3) is 0 Å². The van der Waals surface area contributed by atoms with Crippen molar-refractivity contribution in [2.45, 2.75) is 57.3 Å². The standard InChI is InChI=1S/C21H25N5O/c1-2-7-16(8-3-1)13-25(17-9-4-5-10-17)20-19-21(23-14-22-20)26(15-24-19)18-11-6-12-27-18/h1-3,7-8,14-15,17-18H,4-6,9-13H2. The second kappa shape index (κ2) is 7.27. The Morgan fingerprint density at radius 2 is 1.85 bits per heavy atom. The van der Waals surface area contributed by atoms with Crippen molar-refractivity contribution in [1.29, 1.82) is 0 Å². The molecule has 3 aromatic rings. The highest BCUT2D eigenvalue weighted by atomic mass is 16.5. The first-order valence-electron chi connectivity index (χ1n) is 10.00. The van der Waals surface area contributed by atoms with Crippen molar-refractivity contribution < 1.29 is 4.74 Å². The number of anilines is 1. The molecule has 1 atom stereocenters. The molecule has 0 radical (unpaired) electrons. The van der Waals surface area contributed by atoms with Gasteiger partial charge in [-0.15, -0.1) is 0 Å². The third kappa shape index (κ3) is 3.18. The van der Waals surface area contributed by atoms with E-state index in [1.165, 1.54) is 31.2 Å². The van der Waals surface area contributed by atoms with Gasteiger partial charge in [0, 0.05) is 19.2 Å². The van der Waals surface area contributed by atoms with Crippen LogP contribution in [-0.4, -0.2) is 32.2 Å². The van der Waals surface area contributed by atoms with E-state index in [1.807, 2.05) is 6.33 Å².